The Balaban J connectivity index is 2.02. The first kappa shape index (κ1) is 13.8. The normalized spacial score (nSPS) is 9.79. The van der Waals surface area contributed by atoms with Gasteiger partial charge in [-0.05, 0) is 29.3 Å². The molecular formula is C14H14N2OS2. The lowest BCUT2D eigenvalue weighted by molar-refractivity contribution is 0.0951. The summed E-state index contributed by atoms with van der Waals surface area (Å²) in [5.41, 5.74) is 8.06. The van der Waals surface area contributed by atoms with Gasteiger partial charge in [-0.3, -0.25) is 4.79 Å². The molecule has 1 amide bonds. The second-order valence-corrected chi connectivity index (χ2v) is 5.66. The van der Waals surface area contributed by atoms with Crippen molar-refractivity contribution in [3.8, 4) is 11.8 Å². The van der Waals surface area contributed by atoms with Crippen molar-refractivity contribution in [2.24, 2.45) is 5.73 Å². The van der Waals surface area contributed by atoms with E-state index in [0.29, 0.717) is 13.1 Å². The summed E-state index contributed by atoms with van der Waals surface area (Å²) in [6.45, 7) is 2.78. The molecule has 0 aliphatic rings. The summed E-state index contributed by atoms with van der Waals surface area (Å²) in [6.07, 6.45) is 0. The van der Waals surface area contributed by atoms with Crippen molar-refractivity contribution < 1.29 is 4.79 Å². The van der Waals surface area contributed by atoms with E-state index in [2.05, 4.69) is 17.2 Å². The van der Waals surface area contributed by atoms with Gasteiger partial charge < -0.3 is 11.1 Å². The summed E-state index contributed by atoms with van der Waals surface area (Å²) in [6, 6.07) is 1.95. The van der Waals surface area contributed by atoms with Crippen LogP contribution < -0.4 is 11.1 Å². The number of carbonyl (C=O) groups excluding carboxylic acids is 1. The molecule has 2 rings (SSSR count). The molecule has 0 aliphatic heterocycles. The Morgan fingerprint density at radius 3 is 3.00 bits per heavy atom. The zero-order valence-electron chi connectivity index (χ0n) is 10.5. The molecule has 0 fully saturated rings. The van der Waals surface area contributed by atoms with E-state index in [9.17, 15) is 4.79 Å². The molecule has 0 radical (unpaired) electrons. The highest BCUT2D eigenvalue weighted by Gasteiger charge is 2.10. The van der Waals surface area contributed by atoms with Crippen molar-refractivity contribution in [3.05, 3.63) is 43.8 Å². The van der Waals surface area contributed by atoms with Crippen LogP contribution in [0.4, 0.5) is 0 Å². The Kier molecular flexibility index (Phi) is 4.74. The summed E-state index contributed by atoms with van der Waals surface area (Å²) in [4.78, 5) is 13.0. The Bertz CT molecular complexity index is 631. The van der Waals surface area contributed by atoms with Crippen molar-refractivity contribution in [1.29, 1.82) is 0 Å². The molecule has 0 saturated heterocycles. The maximum absolute atomic E-state index is 12.0. The highest BCUT2D eigenvalue weighted by molar-refractivity contribution is 7.10. The zero-order valence-corrected chi connectivity index (χ0v) is 12.2. The number of hydrogen-bond donors (Lipinski definition) is 2. The maximum atomic E-state index is 12.0. The first-order chi connectivity index (χ1) is 9.22. The largest absolute Gasteiger partial charge is 0.347 e. The summed E-state index contributed by atoms with van der Waals surface area (Å²) in [5.74, 6) is 5.80. The second kappa shape index (κ2) is 6.53. The number of amides is 1. The lowest BCUT2D eigenvalue weighted by Gasteiger charge is -2.03. The predicted octanol–water partition coefficient (Wildman–Crippen LogP) is 2.36. The van der Waals surface area contributed by atoms with Crippen molar-refractivity contribution in [3.63, 3.8) is 0 Å². The first-order valence-electron chi connectivity index (χ1n) is 5.78. The lowest BCUT2D eigenvalue weighted by atomic mass is 10.2. The molecule has 98 valence electrons. The molecule has 2 heterocycles. The van der Waals surface area contributed by atoms with Crippen LogP contribution in [-0.2, 0) is 6.54 Å². The molecule has 2 aromatic rings. The van der Waals surface area contributed by atoms with Crippen LogP contribution in [0.25, 0.3) is 0 Å². The number of rotatable bonds is 3. The number of carbonyl (C=O) groups is 1. The lowest BCUT2D eigenvalue weighted by Crippen LogP contribution is -2.22. The third-order valence-electron chi connectivity index (χ3n) is 2.58. The van der Waals surface area contributed by atoms with Gasteiger partial charge in [0.25, 0.3) is 5.91 Å². The molecule has 0 aliphatic carbocycles. The van der Waals surface area contributed by atoms with Gasteiger partial charge in [-0.2, -0.15) is 11.3 Å². The van der Waals surface area contributed by atoms with Gasteiger partial charge in [0, 0.05) is 15.8 Å². The summed E-state index contributed by atoms with van der Waals surface area (Å²) in [7, 11) is 0. The second-order valence-electron chi connectivity index (χ2n) is 3.91. The molecule has 3 N–H and O–H groups in total. The third-order valence-corrected chi connectivity index (χ3v) is 4.36. The van der Waals surface area contributed by atoms with E-state index >= 15 is 0 Å². The van der Waals surface area contributed by atoms with Crippen LogP contribution >= 0.6 is 22.7 Å². The molecular weight excluding hydrogens is 276 g/mol. The number of nitrogens with two attached hydrogens (primary N) is 1. The van der Waals surface area contributed by atoms with Crippen LogP contribution in [0, 0.1) is 18.8 Å². The fourth-order valence-electron chi connectivity index (χ4n) is 1.58. The Hall–Kier alpha value is -1.61. The van der Waals surface area contributed by atoms with Gasteiger partial charge in [-0.15, -0.1) is 11.3 Å². The van der Waals surface area contributed by atoms with Gasteiger partial charge in [0.2, 0.25) is 0 Å². The molecule has 0 atom stereocenters. The third kappa shape index (κ3) is 3.44. The van der Waals surface area contributed by atoms with E-state index in [1.807, 2.05) is 29.1 Å². The highest BCUT2D eigenvalue weighted by Crippen LogP contribution is 2.17. The van der Waals surface area contributed by atoms with Crippen molar-refractivity contribution in [1.82, 2.24) is 5.32 Å². The summed E-state index contributed by atoms with van der Waals surface area (Å²) >= 11 is 3.13. The van der Waals surface area contributed by atoms with Gasteiger partial charge in [0.1, 0.15) is 0 Å². The van der Waals surface area contributed by atoms with Gasteiger partial charge in [0.05, 0.1) is 18.7 Å². The number of aryl methyl sites for hydroxylation is 1. The van der Waals surface area contributed by atoms with Gasteiger partial charge >= 0.3 is 0 Å². The van der Waals surface area contributed by atoms with Crippen molar-refractivity contribution in [2.75, 3.05) is 6.54 Å². The minimum atomic E-state index is -0.0371. The minimum absolute atomic E-state index is 0.0371. The first-order valence-corrected chi connectivity index (χ1v) is 7.61. The molecule has 2 aromatic heterocycles. The molecule has 5 heteroatoms. The van der Waals surface area contributed by atoms with E-state index < -0.39 is 0 Å². The molecule has 0 bridgehead atoms. The molecule has 3 nitrogen and oxygen atoms in total. The fraction of sp³-hybridized carbons (Fsp3) is 0.214. The van der Waals surface area contributed by atoms with Crippen LogP contribution in [0.2, 0.25) is 0 Å². The van der Waals surface area contributed by atoms with E-state index in [-0.39, 0.29) is 5.91 Å². The van der Waals surface area contributed by atoms with Crippen LogP contribution in [0.1, 0.15) is 26.4 Å². The number of nitrogens with one attached hydrogen (secondary N) is 1. The monoisotopic (exact) mass is 290 g/mol. The highest BCUT2D eigenvalue weighted by atomic mass is 32.1. The maximum Gasteiger partial charge on any atom is 0.252 e. The standard InChI is InChI=1S/C14H14N2OS2/c1-10-8-18-9-12(10)14(17)16-7-13-11(3-2-5-15)4-6-19-13/h4,6,8-9H,5,7,15H2,1H3,(H,16,17). The summed E-state index contributed by atoms with van der Waals surface area (Å²) in [5, 5.41) is 8.73. The van der Waals surface area contributed by atoms with Crippen molar-refractivity contribution in [2.45, 2.75) is 13.5 Å². The molecule has 0 spiro atoms. The molecule has 0 aromatic carbocycles. The summed E-state index contributed by atoms with van der Waals surface area (Å²) < 4.78 is 0. The van der Waals surface area contributed by atoms with E-state index in [1.165, 1.54) is 11.3 Å². The van der Waals surface area contributed by atoms with Crippen molar-refractivity contribution >= 4 is 28.6 Å². The average Bonchev–Trinajstić information content (AvgIpc) is 3.02. The van der Waals surface area contributed by atoms with E-state index in [1.54, 1.807) is 11.3 Å². The Labute approximate surface area is 120 Å². The van der Waals surface area contributed by atoms with Gasteiger partial charge in [0.15, 0.2) is 0 Å². The smallest absolute Gasteiger partial charge is 0.252 e. The molecule has 0 unspecified atom stereocenters. The van der Waals surface area contributed by atoms with Gasteiger partial charge in [-0.1, -0.05) is 11.8 Å². The minimum Gasteiger partial charge on any atom is -0.347 e. The quantitative estimate of drug-likeness (QED) is 0.853. The zero-order chi connectivity index (χ0) is 13.7. The number of thiophene rings is 2. The fourth-order valence-corrected chi connectivity index (χ4v) is 3.18. The van der Waals surface area contributed by atoms with Crippen LogP contribution in [0.5, 0.6) is 0 Å². The predicted molar refractivity (Wildman–Crippen MR) is 80.5 cm³/mol. The Morgan fingerprint density at radius 1 is 1.47 bits per heavy atom. The SMILES string of the molecule is Cc1cscc1C(=O)NCc1sccc1C#CCN. The molecule has 19 heavy (non-hydrogen) atoms. The topological polar surface area (TPSA) is 55.1 Å². The van der Waals surface area contributed by atoms with Crippen LogP contribution in [0.3, 0.4) is 0 Å². The molecule has 0 saturated carbocycles. The number of hydrogen-bond acceptors (Lipinski definition) is 4. The van der Waals surface area contributed by atoms with Crippen LogP contribution in [-0.4, -0.2) is 12.5 Å². The Morgan fingerprint density at radius 2 is 2.32 bits per heavy atom. The van der Waals surface area contributed by atoms with E-state index in [0.717, 1.165) is 21.6 Å². The van der Waals surface area contributed by atoms with Crippen LogP contribution in [0.15, 0.2) is 22.2 Å². The average molecular weight is 290 g/mol. The van der Waals surface area contributed by atoms with Gasteiger partial charge in [-0.25, -0.2) is 0 Å². The van der Waals surface area contributed by atoms with E-state index in [4.69, 9.17) is 5.73 Å².